The summed E-state index contributed by atoms with van der Waals surface area (Å²) in [6.07, 6.45) is 15.6. The molecule has 1 saturated heterocycles. The van der Waals surface area contributed by atoms with Gasteiger partial charge in [0.05, 0.1) is 18.8 Å². The third-order valence-corrected chi connectivity index (χ3v) is 8.43. The minimum Gasteiger partial charge on any atom is -0.481 e. The van der Waals surface area contributed by atoms with Crippen molar-refractivity contribution >= 4 is 46.7 Å². The molecule has 0 aromatic carbocycles. The number of hydrogen-bond acceptors (Lipinski definition) is 6. The maximum Gasteiger partial charge on any atom is 0.358 e. The van der Waals surface area contributed by atoms with E-state index < -0.39 is 21.8 Å². The van der Waals surface area contributed by atoms with Crippen molar-refractivity contribution in [1.29, 1.82) is 0 Å². The normalized spacial score (nSPS) is 26.9. The molecule has 0 spiro atoms. The molecule has 3 unspecified atom stereocenters. The Hall–Kier alpha value is -0.830. The Morgan fingerprint density at radius 1 is 1.15 bits per heavy atom. The number of rotatable bonds is 16. The zero-order valence-corrected chi connectivity index (χ0v) is 26.3. The number of hydrogen-bond donors (Lipinski definition) is 2. The largest absolute Gasteiger partial charge is 0.481 e. The summed E-state index contributed by atoms with van der Waals surface area (Å²) in [5, 5.41) is 19.9. The van der Waals surface area contributed by atoms with Crippen LogP contribution in [0.4, 0.5) is 0 Å². The van der Waals surface area contributed by atoms with Gasteiger partial charge in [-0.25, -0.2) is 4.79 Å². The monoisotopic (exact) mass is 624 g/mol. The first-order chi connectivity index (χ1) is 18.8. The molecular formula is C30H47Cl3O7. The summed E-state index contributed by atoms with van der Waals surface area (Å²) in [6.45, 7) is 7.31. The molecule has 2 aliphatic rings. The molecule has 1 saturated carbocycles. The second kappa shape index (κ2) is 17.3. The highest BCUT2D eigenvalue weighted by Gasteiger charge is 2.43. The maximum atomic E-state index is 12.1. The van der Waals surface area contributed by atoms with Crippen molar-refractivity contribution in [3.05, 3.63) is 24.3 Å². The van der Waals surface area contributed by atoms with Crippen LogP contribution in [0.2, 0.25) is 0 Å². The number of esters is 1. The van der Waals surface area contributed by atoms with Gasteiger partial charge < -0.3 is 24.4 Å². The van der Waals surface area contributed by atoms with Gasteiger partial charge in [0, 0.05) is 18.9 Å². The topological polar surface area (TPSA) is 102 Å². The van der Waals surface area contributed by atoms with Crippen LogP contribution >= 0.6 is 34.8 Å². The second-order valence-corrected chi connectivity index (χ2v) is 14.0. The average Bonchev–Trinajstić information content (AvgIpc) is 3.19. The number of aliphatic carboxylic acids is 1. The van der Waals surface area contributed by atoms with Crippen molar-refractivity contribution < 1.29 is 34.0 Å². The number of carbonyl (C=O) groups excluding carboxylic acids is 1. The van der Waals surface area contributed by atoms with E-state index in [4.69, 9.17) is 54.1 Å². The third-order valence-electron chi connectivity index (χ3n) is 7.96. The second-order valence-electron chi connectivity index (χ2n) is 11.7. The zero-order valence-electron chi connectivity index (χ0n) is 24.0. The van der Waals surface area contributed by atoms with E-state index in [-0.39, 0.29) is 48.6 Å². The number of carboxylic acids is 1. The number of aliphatic hydroxyl groups is 1. The van der Waals surface area contributed by atoms with Crippen LogP contribution in [-0.4, -0.2) is 57.7 Å². The highest BCUT2D eigenvalue weighted by molar-refractivity contribution is 6.75. The smallest absolute Gasteiger partial charge is 0.358 e. The number of carboxylic acid groups (broad SMARTS) is 1. The van der Waals surface area contributed by atoms with Crippen molar-refractivity contribution in [2.45, 2.75) is 114 Å². The van der Waals surface area contributed by atoms with Gasteiger partial charge in [0.1, 0.15) is 0 Å². The molecule has 0 aromatic heterocycles. The van der Waals surface area contributed by atoms with Crippen LogP contribution in [-0.2, 0) is 23.8 Å². The Kier molecular flexibility index (Phi) is 15.3. The SMILES string of the molecule is CCCCC(C)(C)C(/C=C/[C@H]1[C@H](COC(=O)C(Cl)(Cl)Cl)CC(O)[C@@H]1C/C=C\CCCC(=O)O)OC1CCCCO1. The van der Waals surface area contributed by atoms with E-state index >= 15 is 0 Å². The quantitative estimate of drug-likeness (QED) is 0.0797. The number of unbranched alkanes of at least 4 members (excludes halogenated alkanes) is 2. The van der Waals surface area contributed by atoms with E-state index in [9.17, 15) is 14.7 Å². The fourth-order valence-electron chi connectivity index (χ4n) is 5.52. The van der Waals surface area contributed by atoms with Crippen LogP contribution in [0.25, 0.3) is 0 Å². The summed E-state index contributed by atoms with van der Waals surface area (Å²) in [5.74, 6) is -2.14. The zero-order chi connectivity index (χ0) is 29.8. The molecule has 0 aromatic rings. The first-order valence-electron chi connectivity index (χ1n) is 14.6. The Balaban J connectivity index is 2.24. The van der Waals surface area contributed by atoms with Crippen molar-refractivity contribution in [3.63, 3.8) is 0 Å². The molecule has 7 nitrogen and oxygen atoms in total. The first-order valence-corrected chi connectivity index (χ1v) is 15.7. The van der Waals surface area contributed by atoms with Crippen LogP contribution in [0.15, 0.2) is 24.3 Å². The van der Waals surface area contributed by atoms with E-state index in [0.717, 1.165) is 38.5 Å². The molecule has 2 rings (SSSR count). The van der Waals surface area contributed by atoms with Crippen LogP contribution in [0.3, 0.4) is 0 Å². The molecule has 2 fully saturated rings. The van der Waals surface area contributed by atoms with E-state index in [0.29, 0.717) is 32.3 Å². The fraction of sp³-hybridized carbons (Fsp3) is 0.800. The standard InChI is InChI=1S/C30H47Cl3O7/c1-4-5-17-29(2,3)25(40-27-14-10-11-18-38-27)16-15-22-21(20-39-28(37)30(31,32)33)19-24(34)23(22)12-8-6-7-9-13-26(35)36/h6,8,15-16,21-25,27,34H,4-5,7,9-14,17-20H2,1-3H3,(H,35,36)/b8-6-,16-15+/t21-,22-,23+,24?,25?,27?/m0/s1. The molecule has 2 N–H and O–H groups in total. The summed E-state index contributed by atoms with van der Waals surface area (Å²) in [7, 11) is 0. The Labute approximate surface area is 254 Å². The molecule has 40 heavy (non-hydrogen) atoms. The van der Waals surface area contributed by atoms with Gasteiger partial charge in [-0.3, -0.25) is 4.79 Å². The van der Waals surface area contributed by atoms with Gasteiger partial charge in [-0.05, 0) is 68.6 Å². The lowest BCUT2D eigenvalue weighted by Crippen LogP contribution is -2.36. The summed E-state index contributed by atoms with van der Waals surface area (Å²) < 4.78 is 15.6. The number of carbonyl (C=O) groups is 2. The predicted octanol–water partition coefficient (Wildman–Crippen LogP) is 7.40. The minimum atomic E-state index is -2.16. The lowest BCUT2D eigenvalue weighted by molar-refractivity contribution is -0.197. The van der Waals surface area contributed by atoms with Crippen molar-refractivity contribution in [2.75, 3.05) is 13.2 Å². The Morgan fingerprint density at radius 2 is 1.90 bits per heavy atom. The Bertz CT molecular complexity index is 834. The van der Waals surface area contributed by atoms with E-state index in [1.54, 1.807) is 0 Å². The molecule has 10 heteroatoms. The van der Waals surface area contributed by atoms with Crippen LogP contribution in [0.1, 0.15) is 91.4 Å². The van der Waals surface area contributed by atoms with Crippen LogP contribution < -0.4 is 0 Å². The van der Waals surface area contributed by atoms with Crippen LogP contribution in [0, 0.1) is 23.2 Å². The minimum absolute atomic E-state index is 0.0219. The predicted molar refractivity (Wildman–Crippen MR) is 158 cm³/mol. The van der Waals surface area contributed by atoms with Crippen LogP contribution in [0.5, 0.6) is 0 Å². The van der Waals surface area contributed by atoms with Gasteiger partial charge in [0.25, 0.3) is 3.79 Å². The lowest BCUT2D eigenvalue weighted by atomic mass is 9.79. The number of halogens is 3. The van der Waals surface area contributed by atoms with Gasteiger partial charge in [0.2, 0.25) is 0 Å². The lowest BCUT2D eigenvalue weighted by Gasteiger charge is -2.36. The molecule has 1 aliphatic heterocycles. The molecule has 230 valence electrons. The van der Waals surface area contributed by atoms with Crippen molar-refractivity contribution in [1.82, 2.24) is 0 Å². The molecule has 1 heterocycles. The summed E-state index contributed by atoms with van der Waals surface area (Å²) in [6, 6.07) is 0. The van der Waals surface area contributed by atoms with E-state index in [1.807, 2.05) is 12.2 Å². The summed E-state index contributed by atoms with van der Waals surface area (Å²) >= 11 is 17.1. The van der Waals surface area contributed by atoms with Gasteiger partial charge in [-0.1, -0.05) is 92.7 Å². The van der Waals surface area contributed by atoms with Gasteiger partial charge in [-0.15, -0.1) is 0 Å². The number of allylic oxidation sites excluding steroid dienone is 3. The highest BCUT2D eigenvalue weighted by Crippen LogP contribution is 2.42. The maximum absolute atomic E-state index is 12.1. The third kappa shape index (κ3) is 12.2. The molecule has 0 amide bonds. The first kappa shape index (κ1) is 35.4. The molecular weight excluding hydrogens is 579 g/mol. The van der Waals surface area contributed by atoms with E-state index in [2.05, 4.69) is 32.9 Å². The van der Waals surface area contributed by atoms with Gasteiger partial charge in [-0.2, -0.15) is 0 Å². The van der Waals surface area contributed by atoms with Gasteiger partial charge in [0.15, 0.2) is 6.29 Å². The number of alkyl halides is 3. The molecule has 6 atom stereocenters. The van der Waals surface area contributed by atoms with E-state index in [1.165, 1.54) is 0 Å². The van der Waals surface area contributed by atoms with Gasteiger partial charge >= 0.3 is 11.9 Å². The average molecular weight is 626 g/mol. The fourth-order valence-corrected chi connectivity index (χ4v) is 5.69. The molecule has 0 radical (unpaired) electrons. The highest BCUT2D eigenvalue weighted by atomic mass is 35.6. The van der Waals surface area contributed by atoms with Crippen molar-refractivity contribution in [2.24, 2.45) is 23.2 Å². The molecule has 0 bridgehead atoms. The molecule has 1 aliphatic carbocycles. The number of aliphatic hydroxyl groups excluding tert-OH is 1. The summed E-state index contributed by atoms with van der Waals surface area (Å²) in [5.41, 5.74) is -0.137. The van der Waals surface area contributed by atoms with Crippen molar-refractivity contribution in [3.8, 4) is 0 Å². The summed E-state index contributed by atoms with van der Waals surface area (Å²) in [4.78, 5) is 22.9. The number of ether oxygens (including phenoxy) is 3. The Morgan fingerprint density at radius 3 is 2.52 bits per heavy atom.